The van der Waals surface area contributed by atoms with Crippen molar-refractivity contribution in [1.82, 2.24) is 19.8 Å². The van der Waals surface area contributed by atoms with Crippen LogP contribution in [0.2, 0.25) is 0 Å². The van der Waals surface area contributed by atoms with Crippen LogP contribution in [0.1, 0.15) is 29.9 Å². The van der Waals surface area contributed by atoms with Gasteiger partial charge in [0.15, 0.2) is 0 Å². The first-order chi connectivity index (χ1) is 15.0. The van der Waals surface area contributed by atoms with Crippen molar-refractivity contribution < 1.29 is 18.7 Å². The van der Waals surface area contributed by atoms with Crippen molar-refractivity contribution >= 4 is 12.0 Å². The van der Waals surface area contributed by atoms with Crippen LogP contribution in [0, 0.1) is 17.8 Å². The van der Waals surface area contributed by atoms with Crippen LogP contribution in [-0.4, -0.2) is 70.2 Å². The number of hydrogen-bond donors (Lipinski definition) is 2. The molecule has 9 heteroatoms. The number of anilines is 1. The first-order valence-corrected chi connectivity index (χ1v) is 10.7. The van der Waals surface area contributed by atoms with E-state index in [0.717, 1.165) is 25.2 Å². The van der Waals surface area contributed by atoms with Crippen molar-refractivity contribution in [3.63, 3.8) is 0 Å². The fourth-order valence-electron chi connectivity index (χ4n) is 4.14. The molecule has 31 heavy (non-hydrogen) atoms. The molecule has 1 saturated heterocycles. The lowest BCUT2D eigenvalue weighted by molar-refractivity contribution is 0.102. The molecule has 1 atom stereocenters. The number of nitrogens with one attached hydrogen (secondary N) is 1. The molecule has 2 fully saturated rings. The molecule has 2 aliphatic rings. The molecule has 2 aromatic rings. The smallest absolute Gasteiger partial charge is 0.407 e. The van der Waals surface area contributed by atoms with Crippen molar-refractivity contribution in [1.29, 1.82) is 0 Å². The van der Waals surface area contributed by atoms with Crippen LogP contribution in [0.3, 0.4) is 0 Å². The average Bonchev–Trinajstić information content (AvgIpc) is 3.57. The molecule has 0 bridgehead atoms. The molecule has 166 valence electrons. The summed E-state index contributed by atoms with van der Waals surface area (Å²) in [4.78, 5) is 22.0. The summed E-state index contributed by atoms with van der Waals surface area (Å²) in [6.07, 6.45) is 2.34. The van der Waals surface area contributed by atoms with Crippen LogP contribution >= 0.6 is 0 Å². The maximum Gasteiger partial charge on any atom is 0.407 e. The Morgan fingerprint density at radius 2 is 1.74 bits per heavy atom. The second-order valence-corrected chi connectivity index (χ2v) is 8.27. The summed E-state index contributed by atoms with van der Waals surface area (Å²) in [7, 11) is 0. The highest BCUT2D eigenvalue weighted by atomic mass is 19.1. The second kappa shape index (κ2) is 9.55. The van der Waals surface area contributed by atoms with Crippen LogP contribution in [-0.2, 0) is 6.42 Å². The molecule has 1 aromatic heterocycles. The quantitative estimate of drug-likeness (QED) is 0.625. The Labute approximate surface area is 180 Å². The minimum atomic E-state index is -0.894. The number of carbonyl (C=O) groups is 1. The lowest BCUT2D eigenvalue weighted by atomic mass is 9.92. The Morgan fingerprint density at radius 3 is 2.32 bits per heavy atom. The molecule has 0 radical (unpaired) electrons. The van der Waals surface area contributed by atoms with E-state index >= 15 is 0 Å². The first kappa shape index (κ1) is 21.4. The zero-order valence-corrected chi connectivity index (χ0v) is 17.3. The largest absolute Gasteiger partial charge is 0.465 e. The molecule has 1 aromatic carbocycles. The molecule has 2 heterocycles. The molecular weight excluding hydrogens is 404 g/mol. The van der Waals surface area contributed by atoms with E-state index < -0.39 is 18.0 Å². The number of hydrogen-bond acceptors (Lipinski definition) is 5. The highest BCUT2D eigenvalue weighted by Crippen LogP contribution is 2.43. The van der Waals surface area contributed by atoms with Gasteiger partial charge in [-0.25, -0.2) is 4.79 Å². The Bertz CT molecular complexity index is 879. The summed E-state index contributed by atoms with van der Waals surface area (Å²) in [5.74, 6) is -0.673. The van der Waals surface area contributed by atoms with Gasteiger partial charge in [0, 0.05) is 45.3 Å². The molecular formula is C22H27F2N5O2. The number of rotatable bonds is 8. The van der Waals surface area contributed by atoms with E-state index in [4.69, 9.17) is 5.11 Å². The van der Waals surface area contributed by atoms with Gasteiger partial charge in [-0.1, -0.05) is 24.3 Å². The van der Waals surface area contributed by atoms with Gasteiger partial charge in [-0.2, -0.15) is 18.7 Å². The third-order valence-corrected chi connectivity index (χ3v) is 6.06. The predicted octanol–water partition coefficient (Wildman–Crippen LogP) is 3.20. The van der Waals surface area contributed by atoms with Crippen LogP contribution in [0.25, 0.3) is 0 Å². The van der Waals surface area contributed by atoms with Gasteiger partial charge in [-0.05, 0) is 42.2 Å². The number of aromatic nitrogens is 2. The van der Waals surface area contributed by atoms with Crippen LogP contribution in [0.15, 0.2) is 30.3 Å². The predicted molar refractivity (Wildman–Crippen MR) is 112 cm³/mol. The van der Waals surface area contributed by atoms with E-state index in [9.17, 15) is 13.6 Å². The number of nitrogens with zero attached hydrogens (tertiary/aromatic N) is 4. The van der Waals surface area contributed by atoms with E-state index in [-0.39, 0.29) is 5.95 Å². The average molecular weight is 431 g/mol. The SMILES string of the molecule is O=C(O)N1CCN(C[C@@H](c2ccc(CCNc3nc(F)cc(F)n3)cc2)C2CC2)CC1. The first-order valence-electron chi connectivity index (χ1n) is 10.7. The Morgan fingerprint density at radius 1 is 1.10 bits per heavy atom. The molecule has 7 nitrogen and oxygen atoms in total. The van der Waals surface area contributed by atoms with E-state index in [1.165, 1.54) is 23.3 Å². The summed E-state index contributed by atoms with van der Waals surface area (Å²) in [5.41, 5.74) is 2.44. The number of carboxylic acid groups (broad SMARTS) is 1. The molecule has 0 spiro atoms. The summed E-state index contributed by atoms with van der Waals surface area (Å²) in [6.45, 7) is 4.13. The topological polar surface area (TPSA) is 81.6 Å². The fourth-order valence-corrected chi connectivity index (χ4v) is 4.14. The van der Waals surface area contributed by atoms with Gasteiger partial charge in [-0.15, -0.1) is 0 Å². The van der Waals surface area contributed by atoms with Crippen LogP contribution < -0.4 is 5.32 Å². The normalized spacial score (nSPS) is 18.1. The zero-order valence-electron chi connectivity index (χ0n) is 17.3. The van der Waals surface area contributed by atoms with E-state index in [2.05, 4.69) is 44.5 Å². The highest BCUT2D eigenvalue weighted by Gasteiger charge is 2.34. The van der Waals surface area contributed by atoms with Gasteiger partial charge < -0.3 is 15.3 Å². The fraction of sp³-hybridized carbons (Fsp3) is 0.500. The van der Waals surface area contributed by atoms with Gasteiger partial charge in [0.25, 0.3) is 0 Å². The van der Waals surface area contributed by atoms with Gasteiger partial charge in [0.1, 0.15) is 0 Å². The van der Waals surface area contributed by atoms with E-state index in [1.807, 2.05) is 0 Å². The van der Waals surface area contributed by atoms with Gasteiger partial charge >= 0.3 is 6.09 Å². The molecule has 4 rings (SSSR count). The number of amides is 1. The summed E-state index contributed by atoms with van der Waals surface area (Å²) in [6, 6.07) is 9.18. The Kier molecular flexibility index (Phi) is 6.60. The monoisotopic (exact) mass is 431 g/mol. The standard InChI is InChI=1S/C22H27F2N5O2/c23-19-13-20(24)27-21(26-19)25-8-7-15-1-3-16(4-2-15)18(17-5-6-17)14-28-9-11-29(12-10-28)22(30)31/h1-4,13,17-18H,5-12,14H2,(H,30,31)(H,25,26,27)/t18-/m0/s1. The number of piperazine rings is 1. The highest BCUT2D eigenvalue weighted by molar-refractivity contribution is 5.65. The maximum atomic E-state index is 13.1. The lowest BCUT2D eigenvalue weighted by Gasteiger charge is -2.35. The molecule has 1 saturated carbocycles. The summed E-state index contributed by atoms with van der Waals surface area (Å²) < 4.78 is 26.3. The summed E-state index contributed by atoms with van der Waals surface area (Å²) in [5, 5.41) is 12.0. The molecule has 1 amide bonds. The molecule has 0 unspecified atom stereocenters. The zero-order chi connectivity index (χ0) is 21.8. The van der Waals surface area contributed by atoms with Crippen molar-refractivity contribution in [3.05, 3.63) is 53.4 Å². The van der Waals surface area contributed by atoms with Gasteiger partial charge in [0.2, 0.25) is 17.8 Å². The number of halogens is 2. The molecule has 2 N–H and O–H groups in total. The molecule has 1 aliphatic heterocycles. The van der Waals surface area contributed by atoms with Crippen LogP contribution in [0.4, 0.5) is 19.5 Å². The Hall–Kier alpha value is -2.81. The van der Waals surface area contributed by atoms with E-state index in [0.29, 0.717) is 44.0 Å². The minimum absolute atomic E-state index is 0.0501. The van der Waals surface area contributed by atoms with Crippen molar-refractivity contribution in [2.45, 2.75) is 25.2 Å². The minimum Gasteiger partial charge on any atom is -0.465 e. The second-order valence-electron chi connectivity index (χ2n) is 8.27. The van der Waals surface area contributed by atoms with Gasteiger partial charge in [0.05, 0.1) is 0 Å². The number of benzene rings is 1. The van der Waals surface area contributed by atoms with Crippen LogP contribution in [0.5, 0.6) is 0 Å². The van der Waals surface area contributed by atoms with Crippen molar-refractivity contribution in [2.75, 3.05) is 44.6 Å². The molecule has 1 aliphatic carbocycles. The van der Waals surface area contributed by atoms with Crippen molar-refractivity contribution in [2.24, 2.45) is 5.92 Å². The van der Waals surface area contributed by atoms with E-state index in [1.54, 1.807) is 0 Å². The van der Waals surface area contributed by atoms with Crippen molar-refractivity contribution in [3.8, 4) is 0 Å². The third kappa shape index (κ3) is 5.88. The Balaban J connectivity index is 1.30. The maximum absolute atomic E-state index is 13.1. The van der Waals surface area contributed by atoms with Gasteiger partial charge in [-0.3, -0.25) is 4.90 Å². The summed E-state index contributed by atoms with van der Waals surface area (Å²) >= 11 is 0. The third-order valence-electron chi connectivity index (χ3n) is 6.06. The lowest BCUT2D eigenvalue weighted by Crippen LogP contribution is -2.49.